The van der Waals surface area contributed by atoms with Gasteiger partial charge >= 0.3 is 0 Å². The second-order valence-electron chi connectivity index (χ2n) is 5.82. The first-order valence-corrected chi connectivity index (χ1v) is 8.90. The van der Waals surface area contributed by atoms with E-state index in [1.807, 2.05) is 0 Å². The number of carbonyl (C=O) groups is 2. The molecule has 0 atom stereocenters. The molecule has 1 aliphatic rings. The number of nitrogens with zero attached hydrogens (tertiary/aromatic N) is 1. The van der Waals surface area contributed by atoms with Crippen LogP contribution in [0.15, 0.2) is 29.6 Å². The molecule has 4 N–H and O–H groups in total. The third-order valence-electron chi connectivity index (χ3n) is 4.05. The number of carbonyl (C=O) groups excluding carboxylic acids is 2. The first-order chi connectivity index (χ1) is 11.7. The summed E-state index contributed by atoms with van der Waals surface area (Å²) in [5.41, 5.74) is 7.07. The largest absolute Gasteiger partial charge is 0.349 e. The summed E-state index contributed by atoms with van der Waals surface area (Å²) in [4.78, 5) is 28.4. The van der Waals surface area contributed by atoms with Crippen molar-refractivity contribution in [2.45, 2.75) is 38.3 Å². The predicted molar refractivity (Wildman–Crippen MR) is 94.1 cm³/mol. The molecule has 1 saturated carbocycles. The van der Waals surface area contributed by atoms with Crippen molar-refractivity contribution in [3.63, 3.8) is 0 Å². The van der Waals surface area contributed by atoms with Crippen LogP contribution in [-0.2, 0) is 6.54 Å². The van der Waals surface area contributed by atoms with Crippen molar-refractivity contribution in [2.24, 2.45) is 5.73 Å². The number of amides is 2. The average molecular weight is 344 g/mol. The van der Waals surface area contributed by atoms with Gasteiger partial charge in [0.2, 0.25) is 0 Å². The van der Waals surface area contributed by atoms with Crippen LogP contribution in [0.5, 0.6) is 0 Å². The van der Waals surface area contributed by atoms with Crippen molar-refractivity contribution >= 4 is 28.8 Å². The van der Waals surface area contributed by atoms with Crippen LogP contribution in [0.3, 0.4) is 0 Å². The number of rotatable bonds is 5. The predicted octanol–water partition coefficient (Wildman–Crippen LogP) is 2.53. The molecule has 1 aromatic heterocycles. The molecular weight excluding hydrogens is 324 g/mol. The molecule has 1 fully saturated rings. The summed E-state index contributed by atoms with van der Waals surface area (Å²) in [7, 11) is 0. The van der Waals surface area contributed by atoms with Crippen molar-refractivity contribution in [2.75, 3.05) is 5.32 Å². The normalized spacial score (nSPS) is 14.5. The van der Waals surface area contributed by atoms with Crippen LogP contribution in [0, 0.1) is 0 Å². The van der Waals surface area contributed by atoms with Crippen molar-refractivity contribution in [3.05, 3.63) is 45.9 Å². The van der Waals surface area contributed by atoms with Gasteiger partial charge in [-0.25, -0.2) is 4.98 Å². The standard InChI is InChI=1S/C17H20N4O2S/c18-9-15-21-14(10-24-15)17(23)20-13-7-5-11(6-8-13)16(22)19-12-3-1-2-4-12/h5-8,10,12H,1-4,9,18H2,(H,19,22)(H,20,23). The summed E-state index contributed by atoms with van der Waals surface area (Å²) in [6.45, 7) is 0.322. The number of nitrogens with two attached hydrogens (primary N) is 1. The molecule has 2 amide bonds. The van der Waals surface area contributed by atoms with Gasteiger partial charge in [0.05, 0.1) is 0 Å². The monoisotopic (exact) mass is 344 g/mol. The highest BCUT2D eigenvalue weighted by molar-refractivity contribution is 7.09. The van der Waals surface area contributed by atoms with Crippen LogP contribution in [0.1, 0.15) is 51.5 Å². The molecule has 0 unspecified atom stereocenters. The van der Waals surface area contributed by atoms with Crippen molar-refractivity contribution in [3.8, 4) is 0 Å². The summed E-state index contributed by atoms with van der Waals surface area (Å²) in [5, 5.41) is 8.21. The third-order valence-corrected chi connectivity index (χ3v) is 4.93. The van der Waals surface area contributed by atoms with Gasteiger partial charge in [0.1, 0.15) is 10.7 Å². The van der Waals surface area contributed by atoms with Crippen molar-refractivity contribution < 1.29 is 9.59 Å². The average Bonchev–Trinajstić information content (AvgIpc) is 3.26. The van der Waals surface area contributed by atoms with E-state index >= 15 is 0 Å². The highest BCUT2D eigenvalue weighted by Crippen LogP contribution is 2.19. The van der Waals surface area contributed by atoms with Crippen molar-refractivity contribution in [1.29, 1.82) is 0 Å². The molecule has 0 radical (unpaired) electrons. The van der Waals surface area contributed by atoms with E-state index in [0.717, 1.165) is 17.8 Å². The number of hydrogen-bond acceptors (Lipinski definition) is 5. The molecule has 126 valence electrons. The fraction of sp³-hybridized carbons (Fsp3) is 0.353. The first kappa shape index (κ1) is 16.6. The molecular formula is C17H20N4O2S. The number of anilines is 1. The molecule has 1 aromatic carbocycles. The van der Waals surface area contributed by atoms with Crippen LogP contribution in [-0.4, -0.2) is 22.8 Å². The van der Waals surface area contributed by atoms with Crippen LogP contribution in [0.4, 0.5) is 5.69 Å². The van der Waals surface area contributed by atoms with Gasteiger partial charge in [0.15, 0.2) is 0 Å². The minimum Gasteiger partial charge on any atom is -0.349 e. The lowest BCUT2D eigenvalue weighted by Crippen LogP contribution is -2.32. The Kier molecular flexibility index (Phi) is 5.22. The molecule has 7 heteroatoms. The van der Waals surface area contributed by atoms with E-state index in [0.29, 0.717) is 29.5 Å². The maximum absolute atomic E-state index is 12.2. The molecule has 3 rings (SSSR count). The SMILES string of the molecule is NCc1nc(C(=O)Nc2ccc(C(=O)NC3CCCC3)cc2)cs1. The molecule has 1 aliphatic carbocycles. The number of hydrogen-bond donors (Lipinski definition) is 3. The zero-order chi connectivity index (χ0) is 16.9. The van der Waals surface area contributed by atoms with Gasteiger partial charge in [-0.2, -0.15) is 0 Å². The maximum atomic E-state index is 12.2. The van der Waals surface area contributed by atoms with Gasteiger partial charge in [-0.3, -0.25) is 9.59 Å². The Morgan fingerprint density at radius 1 is 1.17 bits per heavy atom. The molecule has 24 heavy (non-hydrogen) atoms. The number of benzene rings is 1. The van der Waals surface area contributed by atoms with Crippen LogP contribution in [0.25, 0.3) is 0 Å². The van der Waals surface area contributed by atoms with Crippen molar-refractivity contribution in [1.82, 2.24) is 10.3 Å². The van der Waals surface area contributed by atoms with E-state index in [2.05, 4.69) is 15.6 Å². The van der Waals surface area contributed by atoms with E-state index in [9.17, 15) is 9.59 Å². The second kappa shape index (κ2) is 7.55. The molecule has 0 saturated heterocycles. The van der Waals surface area contributed by atoms with E-state index in [-0.39, 0.29) is 11.8 Å². The number of nitrogens with one attached hydrogen (secondary N) is 2. The third kappa shape index (κ3) is 3.98. The van der Waals surface area contributed by atoms with Crippen LogP contribution in [0.2, 0.25) is 0 Å². The highest BCUT2D eigenvalue weighted by Gasteiger charge is 2.18. The Morgan fingerprint density at radius 2 is 1.88 bits per heavy atom. The first-order valence-electron chi connectivity index (χ1n) is 8.02. The highest BCUT2D eigenvalue weighted by atomic mass is 32.1. The molecule has 0 bridgehead atoms. The summed E-state index contributed by atoms with van der Waals surface area (Å²) < 4.78 is 0. The molecule has 6 nitrogen and oxygen atoms in total. The molecule has 2 aromatic rings. The summed E-state index contributed by atoms with van der Waals surface area (Å²) in [5.74, 6) is -0.346. The number of thiazole rings is 1. The Labute approximate surface area is 144 Å². The zero-order valence-electron chi connectivity index (χ0n) is 13.2. The Morgan fingerprint density at radius 3 is 2.50 bits per heavy atom. The minimum atomic E-state index is -0.283. The van der Waals surface area contributed by atoms with Crippen LogP contribution >= 0.6 is 11.3 Å². The maximum Gasteiger partial charge on any atom is 0.275 e. The number of aromatic nitrogens is 1. The Hall–Kier alpha value is -2.25. The van der Waals surface area contributed by atoms with E-state index in [4.69, 9.17) is 5.73 Å². The topological polar surface area (TPSA) is 97.1 Å². The fourth-order valence-corrected chi connectivity index (χ4v) is 3.40. The lowest BCUT2D eigenvalue weighted by Gasteiger charge is -2.12. The Bertz CT molecular complexity index is 720. The quantitative estimate of drug-likeness (QED) is 0.776. The van der Waals surface area contributed by atoms with E-state index in [1.165, 1.54) is 24.2 Å². The smallest absolute Gasteiger partial charge is 0.275 e. The molecule has 0 aliphatic heterocycles. The Balaban J connectivity index is 1.59. The van der Waals surface area contributed by atoms with E-state index < -0.39 is 0 Å². The lowest BCUT2D eigenvalue weighted by atomic mass is 10.1. The zero-order valence-corrected chi connectivity index (χ0v) is 14.1. The van der Waals surface area contributed by atoms with Gasteiger partial charge in [0, 0.05) is 29.2 Å². The van der Waals surface area contributed by atoms with Gasteiger partial charge in [-0.1, -0.05) is 12.8 Å². The van der Waals surface area contributed by atoms with Gasteiger partial charge in [-0.05, 0) is 37.1 Å². The van der Waals surface area contributed by atoms with Gasteiger partial charge in [0.25, 0.3) is 11.8 Å². The summed E-state index contributed by atoms with van der Waals surface area (Å²) in [6, 6.07) is 7.16. The summed E-state index contributed by atoms with van der Waals surface area (Å²) >= 11 is 1.36. The summed E-state index contributed by atoms with van der Waals surface area (Å²) in [6.07, 6.45) is 4.47. The molecule has 1 heterocycles. The van der Waals surface area contributed by atoms with Crippen LogP contribution < -0.4 is 16.4 Å². The van der Waals surface area contributed by atoms with Gasteiger partial charge in [-0.15, -0.1) is 11.3 Å². The van der Waals surface area contributed by atoms with E-state index in [1.54, 1.807) is 29.6 Å². The molecule has 0 spiro atoms. The minimum absolute atomic E-state index is 0.0631. The van der Waals surface area contributed by atoms with Gasteiger partial charge < -0.3 is 16.4 Å². The lowest BCUT2D eigenvalue weighted by molar-refractivity contribution is 0.0937. The fourth-order valence-electron chi connectivity index (χ4n) is 2.75. The second-order valence-corrected chi connectivity index (χ2v) is 6.76.